The molecule has 154 valence electrons. The summed E-state index contributed by atoms with van der Waals surface area (Å²) < 4.78 is 17.7. The first kappa shape index (κ1) is 22.6. The second-order valence-corrected chi connectivity index (χ2v) is 8.33. The molecule has 0 aliphatic heterocycles. The van der Waals surface area contributed by atoms with E-state index in [1.54, 1.807) is 34.0 Å². The molecule has 0 bridgehead atoms. The van der Waals surface area contributed by atoms with Crippen LogP contribution in [0.1, 0.15) is 54.9 Å². The number of rotatable bonds is 6. The molecule has 0 fully saturated rings. The predicted octanol–water partition coefficient (Wildman–Crippen LogP) is 3.45. The Morgan fingerprint density at radius 1 is 1.11 bits per heavy atom. The Labute approximate surface area is 160 Å². The highest BCUT2D eigenvalue weighted by molar-refractivity contribution is 5.85. The van der Waals surface area contributed by atoms with E-state index in [2.05, 4.69) is 15.7 Å². The minimum atomic E-state index is -0.608. The zero-order valence-electron chi connectivity index (χ0n) is 17.5. The summed E-state index contributed by atoms with van der Waals surface area (Å²) in [6.07, 6.45) is 1.13. The van der Waals surface area contributed by atoms with Crippen LogP contribution in [-0.4, -0.2) is 45.8 Å². The van der Waals surface area contributed by atoms with Gasteiger partial charge in [0, 0.05) is 19.5 Å². The number of ether oxygens (including phenoxy) is 3. The van der Waals surface area contributed by atoms with Gasteiger partial charge >= 0.3 is 12.2 Å². The number of carbonyl (C=O) groups excluding carboxylic acids is 2. The third-order valence-corrected chi connectivity index (χ3v) is 2.99. The van der Waals surface area contributed by atoms with Gasteiger partial charge < -0.3 is 19.5 Å². The monoisotopic (exact) mass is 384 g/mol. The average Bonchev–Trinajstić information content (AvgIpc) is 2.73. The van der Waals surface area contributed by atoms with Crippen LogP contribution in [-0.2, 0) is 16.5 Å². The fraction of sp³-hybridized carbons (Fsp3) is 0.722. The van der Waals surface area contributed by atoms with Crippen molar-refractivity contribution in [1.82, 2.24) is 15.1 Å². The molecule has 0 radical (unpaired) electrons. The molecule has 27 heavy (non-hydrogen) atoms. The molecule has 0 spiro atoms. The normalized spacial score (nSPS) is 12.9. The molecule has 0 aliphatic rings. The quantitative estimate of drug-likeness (QED) is 0.778. The highest BCUT2D eigenvalue weighted by Crippen LogP contribution is 2.23. The molecule has 1 rings (SSSR count). The van der Waals surface area contributed by atoms with Gasteiger partial charge in [-0.1, -0.05) is 0 Å². The zero-order valence-corrected chi connectivity index (χ0v) is 17.5. The number of alkyl carbamates (subject to hydrolysis) is 1. The van der Waals surface area contributed by atoms with Crippen molar-refractivity contribution < 1.29 is 23.8 Å². The minimum absolute atomic E-state index is 0.140. The lowest BCUT2D eigenvalue weighted by atomic mass is 10.2. The molecule has 0 saturated heterocycles. The number of nitrogens with one attached hydrogen (secondary N) is 2. The first-order valence-corrected chi connectivity index (χ1v) is 8.91. The first-order valence-electron chi connectivity index (χ1n) is 8.91. The number of aryl methyl sites for hydroxylation is 1. The van der Waals surface area contributed by atoms with Gasteiger partial charge in [0.05, 0.1) is 12.8 Å². The lowest BCUT2D eigenvalue weighted by Crippen LogP contribution is -2.38. The summed E-state index contributed by atoms with van der Waals surface area (Å²) in [4.78, 5) is 23.7. The molecule has 0 aliphatic carbocycles. The topological polar surface area (TPSA) is 104 Å². The van der Waals surface area contributed by atoms with Gasteiger partial charge in [-0.15, -0.1) is 0 Å². The number of amides is 2. The van der Waals surface area contributed by atoms with E-state index in [1.165, 1.54) is 4.68 Å². The van der Waals surface area contributed by atoms with Crippen molar-refractivity contribution in [3.05, 3.63) is 6.20 Å². The van der Waals surface area contributed by atoms with Crippen molar-refractivity contribution in [3.63, 3.8) is 0 Å². The largest absolute Gasteiger partial charge is 0.488 e. The summed E-state index contributed by atoms with van der Waals surface area (Å²) in [5.74, 6) is 0.701. The standard InChI is InChI=1S/C18H32N4O5/c1-12(19-15(23)26-17(2,3)4)9-10-25-13-11-22(8)21-14(13)20-16(24)27-18(5,6)7/h11-12H,9-10H2,1-8H3,(H,19,23)(H,20,21,24)/t12-/m1/s1. The number of carbonyl (C=O) groups is 2. The third kappa shape index (κ3) is 9.72. The van der Waals surface area contributed by atoms with E-state index in [9.17, 15) is 9.59 Å². The van der Waals surface area contributed by atoms with Crippen LogP contribution < -0.4 is 15.4 Å². The van der Waals surface area contributed by atoms with Crippen molar-refractivity contribution in [2.45, 2.75) is 72.1 Å². The average molecular weight is 384 g/mol. The Morgan fingerprint density at radius 2 is 1.67 bits per heavy atom. The van der Waals surface area contributed by atoms with Gasteiger partial charge in [-0.05, 0) is 48.5 Å². The summed E-state index contributed by atoms with van der Waals surface area (Å²) in [7, 11) is 1.72. The summed E-state index contributed by atoms with van der Waals surface area (Å²) in [6, 6.07) is -0.140. The summed E-state index contributed by atoms with van der Waals surface area (Å²) >= 11 is 0. The van der Waals surface area contributed by atoms with Crippen LogP contribution in [0.15, 0.2) is 6.20 Å². The number of hydrogen-bond acceptors (Lipinski definition) is 6. The van der Waals surface area contributed by atoms with Crippen LogP contribution in [0, 0.1) is 0 Å². The van der Waals surface area contributed by atoms with Crippen LogP contribution in [0.5, 0.6) is 5.75 Å². The Hall–Kier alpha value is -2.45. The van der Waals surface area contributed by atoms with Crippen LogP contribution >= 0.6 is 0 Å². The maximum atomic E-state index is 11.9. The van der Waals surface area contributed by atoms with Crippen molar-refractivity contribution in [3.8, 4) is 5.75 Å². The summed E-state index contributed by atoms with van der Waals surface area (Å²) in [5.41, 5.74) is -1.15. The fourth-order valence-electron chi connectivity index (χ4n) is 1.99. The van der Waals surface area contributed by atoms with Crippen LogP contribution in [0.3, 0.4) is 0 Å². The van der Waals surface area contributed by atoms with Crippen LogP contribution in [0.25, 0.3) is 0 Å². The second kappa shape index (κ2) is 8.96. The van der Waals surface area contributed by atoms with E-state index >= 15 is 0 Å². The maximum absolute atomic E-state index is 11.9. The number of nitrogens with zero attached hydrogens (tertiary/aromatic N) is 2. The van der Waals surface area contributed by atoms with Gasteiger partial charge in [-0.3, -0.25) is 10.00 Å². The van der Waals surface area contributed by atoms with Gasteiger partial charge in [0.15, 0.2) is 11.6 Å². The first-order chi connectivity index (χ1) is 12.2. The molecule has 9 nitrogen and oxygen atoms in total. The van der Waals surface area contributed by atoms with E-state index < -0.39 is 23.4 Å². The van der Waals surface area contributed by atoms with Crippen LogP contribution in [0.4, 0.5) is 15.4 Å². The molecule has 1 aromatic heterocycles. The predicted molar refractivity (Wildman–Crippen MR) is 102 cm³/mol. The molecule has 2 amide bonds. The van der Waals surface area contributed by atoms with Crippen molar-refractivity contribution in [2.75, 3.05) is 11.9 Å². The van der Waals surface area contributed by atoms with Gasteiger partial charge in [-0.25, -0.2) is 9.59 Å². The Balaban J connectivity index is 2.51. The van der Waals surface area contributed by atoms with E-state index in [4.69, 9.17) is 14.2 Å². The molecule has 1 heterocycles. The lowest BCUT2D eigenvalue weighted by molar-refractivity contribution is 0.0502. The van der Waals surface area contributed by atoms with E-state index in [0.29, 0.717) is 18.8 Å². The number of hydrogen-bond donors (Lipinski definition) is 2. The molecular formula is C18H32N4O5. The molecule has 0 unspecified atom stereocenters. The van der Waals surface area contributed by atoms with Crippen molar-refractivity contribution >= 4 is 18.0 Å². The lowest BCUT2D eigenvalue weighted by Gasteiger charge is -2.22. The summed E-state index contributed by atoms with van der Waals surface area (Å²) in [6.45, 7) is 12.9. The molecule has 0 saturated carbocycles. The van der Waals surface area contributed by atoms with Gasteiger partial charge in [0.2, 0.25) is 0 Å². The maximum Gasteiger partial charge on any atom is 0.413 e. The molecule has 0 aromatic carbocycles. The zero-order chi connectivity index (χ0) is 20.8. The second-order valence-electron chi connectivity index (χ2n) is 8.33. The molecular weight excluding hydrogens is 352 g/mol. The molecule has 1 atom stereocenters. The van der Waals surface area contributed by atoms with Gasteiger partial charge in [-0.2, -0.15) is 5.10 Å². The highest BCUT2D eigenvalue weighted by Gasteiger charge is 2.20. The van der Waals surface area contributed by atoms with E-state index in [1.807, 2.05) is 27.7 Å². The van der Waals surface area contributed by atoms with Gasteiger partial charge in [0.1, 0.15) is 11.2 Å². The molecule has 1 aromatic rings. The minimum Gasteiger partial charge on any atom is -0.488 e. The Bertz CT molecular complexity index is 643. The third-order valence-electron chi connectivity index (χ3n) is 2.99. The smallest absolute Gasteiger partial charge is 0.413 e. The summed E-state index contributed by atoms with van der Waals surface area (Å²) in [5, 5.41) is 9.48. The van der Waals surface area contributed by atoms with Crippen molar-refractivity contribution in [2.24, 2.45) is 7.05 Å². The van der Waals surface area contributed by atoms with Crippen LogP contribution in [0.2, 0.25) is 0 Å². The van der Waals surface area contributed by atoms with E-state index in [0.717, 1.165) is 0 Å². The van der Waals surface area contributed by atoms with E-state index in [-0.39, 0.29) is 11.9 Å². The Kier molecular flexibility index (Phi) is 7.50. The van der Waals surface area contributed by atoms with Gasteiger partial charge in [0.25, 0.3) is 0 Å². The molecule has 2 N–H and O–H groups in total. The Morgan fingerprint density at radius 3 is 2.22 bits per heavy atom. The SMILES string of the molecule is C[C@H](CCOc1cn(C)nc1NC(=O)OC(C)(C)C)NC(=O)OC(C)(C)C. The highest BCUT2D eigenvalue weighted by atomic mass is 16.6. The number of aromatic nitrogens is 2. The fourth-order valence-corrected chi connectivity index (χ4v) is 1.99. The number of anilines is 1. The molecule has 9 heteroatoms. The van der Waals surface area contributed by atoms with Crippen molar-refractivity contribution in [1.29, 1.82) is 0 Å².